The molecule has 2 heterocycles. The number of nitrogens with zero attached hydrogens (tertiary/aromatic N) is 3. The number of carbonyl (C=O) groups is 1. The number of allylic oxidation sites excluding steroid dienone is 1. The van der Waals surface area contributed by atoms with Crippen LogP contribution in [-0.2, 0) is 4.74 Å². The first-order valence-corrected chi connectivity index (χ1v) is 8.73. The summed E-state index contributed by atoms with van der Waals surface area (Å²) in [5.41, 5.74) is 2.14. The maximum Gasteiger partial charge on any atom is 0.197 e. The number of thiazole rings is 1. The van der Waals surface area contributed by atoms with Crippen molar-refractivity contribution in [1.82, 2.24) is 4.98 Å². The molecule has 1 aliphatic heterocycles. The van der Waals surface area contributed by atoms with Gasteiger partial charge in [-0.1, -0.05) is 29.5 Å². The van der Waals surface area contributed by atoms with Crippen molar-refractivity contribution in [1.29, 1.82) is 0 Å². The Kier molecular flexibility index (Phi) is 5.27. The molecule has 3 rings (SSSR count). The van der Waals surface area contributed by atoms with Gasteiger partial charge in [0.1, 0.15) is 0 Å². The summed E-state index contributed by atoms with van der Waals surface area (Å²) in [7, 11) is 4.01. The Morgan fingerprint density at radius 3 is 2.62 bits per heavy atom. The minimum absolute atomic E-state index is 0.0105. The highest BCUT2D eigenvalue weighted by molar-refractivity contribution is 7.17. The Bertz CT molecular complexity index is 716. The van der Waals surface area contributed by atoms with Crippen LogP contribution in [-0.4, -0.2) is 51.2 Å². The molecular formula is C18H21N3O2S. The van der Waals surface area contributed by atoms with Crippen LogP contribution in [0.1, 0.15) is 15.2 Å². The smallest absolute Gasteiger partial charge is 0.197 e. The molecule has 1 aliphatic rings. The van der Waals surface area contributed by atoms with Gasteiger partial charge in [0.15, 0.2) is 10.9 Å². The number of anilines is 2. The number of morpholine rings is 1. The zero-order chi connectivity index (χ0) is 16.9. The van der Waals surface area contributed by atoms with Crippen molar-refractivity contribution in [2.75, 3.05) is 50.2 Å². The van der Waals surface area contributed by atoms with Crippen molar-refractivity contribution in [3.63, 3.8) is 0 Å². The van der Waals surface area contributed by atoms with E-state index in [0.717, 1.165) is 29.5 Å². The molecule has 1 aromatic carbocycles. The van der Waals surface area contributed by atoms with Crippen molar-refractivity contribution in [2.24, 2.45) is 0 Å². The van der Waals surface area contributed by atoms with E-state index in [2.05, 4.69) is 9.88 Å². The zero-order valence-electron chi connectivity index (χ0n) is 13.9. The predicted molar refractivity (Wildman–Crippen MR) is 99.3 cm³/mol. The van der Waals surface area contributed by atoms with Crippen LogP contribution >= 0.6 is 11.3 Å². The Hall–Kier alpha value is -2.18. The molecular weight excluding hydrogens is 322 g/mol. The van der Waals surface area contributed by atoms with Crippen molar-refractivity contribution in [3.8, 4) is 0 Å². The second kappa shape index (κ2) is 7.59. The number of benzene rings is 1. The molecule has 0 N–H and O–H groups in total. The van der Waals surface area contributed by atoms with Gasteiger partial charge in [0.2, 0.25) is 0 Å². The monoisotopic (exact) mass is 343 g/mol. The van der Waals surface area contributed by atoms with Gasteiger partial charge in [-0.2, -0.15) is 0 Å². The third-order valence-electron chi connectivity index (χ3n) is 3.85. The highest BCUT2D eigenvalue weighted by Gasteiger charge is 2.16. The van der Waals surface area contributed by atoms with Crippen molar-refractivity contribution < 1.29 is 9.53 Å². The lowest BCUT2D eigenvalue weighted by Crippen LogP contribution is -2.36. The minimum Gasteiger partial charge on any atom is -0.378 e. The summed E-state index contributed by atoms with van der Waals surface area (Å²) in [6.07, 6.45) is 5.12. The van der Waals surface area contributed by atoms with E-state index in [4.69, 9.17) is 4.74 Å². The standard InChI is InChI=1S/C18H21N3O2S/c1-20(2)15-6-3-14(4-7-15)5-8-16(22)17-13-19-18(24-17)21-9-11-23-12-10-21/h3-8,13H,9-12H2,1-2H3/b8-5+. The van der Waals surface area contributed by atoms with E-state index in [9.17, 15) is 4.79 Å². The summed E-state index contributed by atoms with van der Waals surface area (Å²) in [5.74, 6) is -0.0105. The average Bonchev–Trinajstić information content (AvgIpc) is 3.11. The number of hydrogen-bond donors (Lipinski definition) is 0. The van der Waals surface area contributed by atoms with Gasteiger partial charge in [-0.15, -0.1) is 0 Å². The van der Waals surface area contributed by atoms with Crippen molar-refractivity contribution in [3.05, 3.63) is 47.0 Å². The first kappa shape index (κ1) is 16.7. The first-order chi connectivity index (χ1) is 11.6. The molecule has 1 fully saturated rings. The fourth-order valence-electron chi connectivity index (χ4n) is 2.42. The highest BCUT2D eigenvalue weighted by atomic mass is 32.1. The van der Waals surface area contributed by atoms with Crippen LogP contribution < -0.4 is 9.80 Å². The molecule has 1 aromatic heterocycles. The Morgan fingerprint density at radius 1 is 1.25 bits per heavy atom. The normalized spacial score (nSPS) is 15.0. The number of hydrogen-bond acceptors (Lipinski definition) is 6. The van der Waals surface area contributed by atoms with E-state index in [1.54, 1.807) is 12.3 Å². The van der Waals surface area contributed by atoms with Gasteiger partial charge in [0, 0.05) is 32.9 Å². The zero-order valence-corrected chi connectivity index (χ0v) is 14.8. The van der Waals surface area contributed by atoms with E-state index in [-0.39, 0.29) is 5.78 Å². The van der Waals surface area contributed by atoms with E-state index >= 15 is 0 Å². The van der Waals surface area contributed by atoms with Crippen LogP contribution in [0.25, 0.3) is 6.08 Å². The van der Waals surface area contributed by atoms with E-state index in [0.29, 0.717) is 18.1 Å². The molecule has 0 bridgehead atoms. The fraction of sp³-hybridized carbons (Fsp3) is 0.333. The van der Waals surface area contributed by atoms with Gasteiger partial charge in [-0.3, -0.25) is 4.79 Å². The molecule has 0 atom stereocenters. The maximum absolute atomic E-state index is 12.3. The molecule has 0 radical (unpaired) electrons. The average molecular weight is 343 g/mol. The molecule has 5 nitrogen and oxygen atoms in total. The van der Waals surface area contributed by atoms with Crippen LogP contribution in [0.4, 0.5) is 10.8 Å². The summed E-state index contributed by atoms with van der Waals surface area (Å²) in [4.78, 5) is 21.6. The lowest BCUT2D eigenvalue weighted by Gasteiger charge is -2.25. The van der Waals surface area contributed by atoms with Crippen LogP contribution in [0.2, 0.25) is 0 Å². The summed E-state index contributed by atoms with van der Waals surface area (Å²) in [6.45, 7) is 3.09. The molecule has 0 spiro atoms. The predicted octanol–water partition coefficient (Wildman–Crippen LogP) is 2.94. The van der Waals surface area contributed by atoms with E-state index in [1.807, 2.05) is 49.3 Å². The van der Waals surface area contributed by atoms with E-state index < -0.39 is 0 Å². The van der Waals surface area contributed by atoms with Gasteiger partial charge in [0.05, 0.1) is 24.3 Å². The van der Waals surface area contributed by atoms with Gasteiger partial charge < -0.3 is 14.5 Å². The maximum atomic E-state index is 12.3. The molecule has 0 saturated carbocycles. The summed E-state index contributed by atoms with van der Waals surface area (Å²) in [6, 6.07) is 8.08. The number of rotatable bonds is 5. The molecule has 2 aromatic rings. The van der Waals surface area contributed by atoms with Gasteiger partial charge in [-0.05, 0) is 23.8 Å². The summed E-state index contributed by atoms with van der Waals surface area (Å²) < 4.78 is 5.34. The number of ether oxygens (including phenoxy) is 1. The molecule has 0 aliphatic carbocycles. The topological polar surface area (TPSA) is 45.7 Å². The third-order valence-corrected chi connectivity index (χ3v) is 4.93. The Labute approximate surface area is 146 Å². The number of aromatic nitrogens is 1. The molecule has 126 valence electrons. The molecule has 24 heavy (non-hydrogen) atoms. The molecule has 1 saturated heterocycles. The number of carbonyl (C=O) groups excluding carboxylic acids is 1. The van der Waals surface area contributed by atoms with Crippen LogP contribution in [0, 0.1) is 0 Å². The van der Waals surface area contributed by atoms with Gasteiger partial charge in [-0.25, -0.2) is 4.98 Å². The summed E-state index contributed by atoms with van der Waals surface area (Å²) >= 11 is 1.44. The molecule has 6 heteroatoms. The highest BCUT2D eigenvalue weighted by Crippen LogP contribution is 2.24. The summed E-state index contributed by atoms with van der Waals surface area (Å²) in [5, 5.41) is 0.894. The second-order valence-corrected chi connectivity index (χ2v) is 6.80. The quantitative estimate of drug-likeness (QED) is 0.617. The second-order valence-electron chi connectivity index (χ2n) is 5.79. The molecule has 0 amide bonds. The van der Waals surface area contributed by atoms with E-state index in [1.165, 1.54) is 11.3 Å². The van der Waals surface area contributed by atoms with Gasteiger partial charge >= 0.3 is 0 Å². The first-order valence-electron chi connectivity index (χ1n) is 7.92. The Morgan fingerprint density at radius 2 is 1.96 bits per heavy atom. The SMILES string of the molecule is CN(C)c1ccc(/C=C/C(=O)c2cnc(N3CCOCC3)s2)cc1. The largest absolute Gasteiger partial charge is 0.378 e. The van der Waals surface area contributed by atoms with Crippen LogP contribution in [0.3, 0.4) is 0 Å². The van der Waals surface area contributed by atoms with Crippen LogP contribution in [0.5, 0.6) is 0 Å². The van der Waals surface area contributed by atoms with Crippen molar-refractivity contribution in [2.45, 2.75) is 0 Å². The van der Waals surface area contributed by atoms with Crippen LogP contribution in [0.15, 0.2) is 36.5 Å². The lowest BCUT2D eigenvalue weighted by molar-refractivity contribution is 0.105. The minimum atomic E-state index is -0.0105. The van der Waals surface area contributed by atoms with Crippen molar-refractivity contribution >= 4 is 34.0 Å². The fourth-order valence-corrected chi connectivity index (χ4v) is 3.31. The third kappa shape index (κ3) is 4.01. The van der Waals surface area contributed by atoms with Gasteiger partial charge in [0.25, 0.3) is 0 Å². The lowest BCUT2D eigenvalue weighted by atomic mass is 10.1. The number of ketones is 1. The Balaban J connectivity index is 1.65. The molecule has 0 unspecified atom stereocenters.